The Hall–Kier alpha value is -2.06. The summed E-state index contributed by atoms with van der Waals surface area (Å²) in [5.74, 6) is -0.145. The predicted octanol–water partition coefficient (Wildman–Crippen LogP) is 18.3. The largest absolute Gasteiger partial charge is 0.472 e. The second kappa shape index (κ2) is 52.8. The summed E-state index contributed by atoms with van der Waals surface area (Å²) in [4.78, 5) is 23.3. The summed E-state index contributed by atoms with van der Waals surface area (Å²) >= 11 is 0. The Balaban J connectivity index is 4.07. The Kier molecular flexibility index (Phi) is 51.3. The predicted molar refractivity (Wildman–Crippen MR) is 309 cm³/mol. The fourth-order valence-corrected chi connectivity index (χ4v) is 9.32. The van der Waals surface area contributed by atoms with Crippen LogP contribution in [0.5, 0.6) is 0 Å². The SMILES string of the molecule is CC/C=C\C/C=C\C/C=C\C/C=C\C/C=C\C/C=C\CCCCCCCCCCCCCCCCC(=O)NC(COP(=O)(O)OCC[N+](C)(C)C)C(O)CCCCCCCCCCCCCCCCCC. The second-order valence-electron chi connectivity index (χ2n) is 21.3. The highest BCUT2D eigenvalue weighted by atomic mass is 31.2. The number of hydrogen-bond acceptors (Lipinski definition) is 5. The lowest BCUT2D eigenvalue weighted by Gasteiger charge is -2.26. The van der Waals surface area contributed by atoms with E-state index in [-0.39, 0.29) is 19.1 Å². The first kappa shape index (κ1) is 68.9. The topological polar surface area (TPSA) is 105 Å². The molecule has 0 fully saturated rings. The summed E-state index contributed by atoms with van der Waals surface area (Å²) in [6.45, 7) is 4.79. The van der Waals surface area contributed by atoms with Crippen LogP contribution in [0.2, 0.25) is 0 Å². The van der Waals surface area contributed by atoms with Crippen molar-refractivity contribution < 1.29 is 32.9 Å². The minimum Gasteiger partial charge on any atom is -0.391 e. The first-order valence-electron chi connectivity index (χ1n) is 29.8. The van der Waals surface area contributed by atoms with E-state index >= 15 is 0 Å². The van der Waals surface area contributed by atoms with Gasteiger partial charge in [-0.2, -0.15) is 0 Å². The minimum absolute atomic E-state index is 0.0732. The van der Waals surface area contributed by atoms with Crippen molar-refractivity contribution in [2.24, 2.45) is 0 Å². The fourth-order valence-electron chi connectivity index (χ4n) is 8.58. The van der Waals surface area contributed by atoms with Crippen molar-refractivity contribution in [3.63, 3.8) is 0 Å². The number of hydrogen-bond donors (Lipinski definition) is 3. The van der Waals surface area contributed by atoms with Crippen LogP contribution >= 0.6 is 7.82 Å². The van der Waals surface area contributed by atoms with Crippen molar-refractivity contribution in [2.45, 2.75) is 276 Å². The highest BCUT2D eigenvalue weighted by molar-refractivity contribution is 7.47. The van der Waals surface area contributed by atoms with Gasteiger partial charge in [0.05, 0.1) is 39.9 Å². The van der Waals surface area contributed by atoms with Crippen molar-refractivity contribution in [2.75, 3.05) is 40.9 Å². The van der Waals surface area contributed by atoms with E-state index in [4.69, 9.17) is 9.05 Å². The molecule has 0 aromatic heterocycles. The summed E-state index contributed by atoms with van der Waals surface area (Å²) in [6.07, 6.45) is 72.5. The number of likely N-dealkylation sites (N-methyl/N-ethyl adjacent to an activating group) is 1. The maximum absolute atomic E-state index is 13.0. The molecule has 0 heterocycles. The number of nitrogens with zero attached hydrogens (tertiary/aromatic N) is 1. The summed E-state index contributed by atoms with van der Waals surface area (Å²) in [5, 5.41) is 14.1. The number of phosphoric ester groups is 1. The van der Waals surface area contributed by atoms with Crippen LogP contribution in [0.1, 0.15) is 264 Å². The van der Waals surface area contributed by atoms with Gasteiger partial charge in [-0.3, -0.25) is 13.8 Å². The molecule has 1 amide bonds. The molecular formula is C62H116N2O6P+. The van der Waals surface area contributed by atoms with E-state index in [9.17, 15) is 19.4 Å². The number of carbonyl (C=O) groups excluding carboxylic acids is 1. The Bertz CT molecular complexity index is 1380. The van der Waals surface area contributed by atoms with Crippen molar-refractivity contribution in [3.8, 4) is 0 Å². The lowest BCUT2D eigenvalue weighted by atomic mass is 10.0. The smallest absolute Gasteiger partial charge is 0.391 e. The summed E-state index contributed by atoms with van der Waals surface area (Å²) in [7, 11) is 1.62. The molecule has 3 atom stereocenters. The lowest BCUT2D eigenvalue weighted by molar-refractivity contribution is -0.870. The van der Waals surface area contributed by atoms with Gasteiger partial charge in [-0.25, -0.2) is 4.57 Å². The molecule has 0 bridgehead atoms. The van der Waals surface area contributed by atoms with Gasteiger partial charge in [-0.1, -0.05) is 267 Å². The quantitative estimate of drug-likeness (QED) is 0.0243. The molecule has 0 spiro atoms. The maximum Gasteiger partial charge on any atom is 0.472 e. The van der Waals surface area contributed by atoms with E-state index < -0.39 is 20.0 Å². The number of aliphatic hydroxyl groups is 1. The number of unbranched alkanes of at least 4 members (excludes halogenated alkanes) is 29. The third-order valence-electron chi connectivity index (χ3n) is 13.2. The first-order valence-corrected chi connectivity index (χ1v) is 31.3. The van der Waals surface area contributed by atoms with Gasteiger partial charge in [0.15, 0.2) is 0 Å². The molecule has 3 N–H and O–H groups in total. The van der Waals surface area contributed by atoms with E-state index in [1.54, 1.807) is 0 Å². The van der Waals surface area contributed by atoms with Crippen LogP contribution in [0, 0.1) is 0 Å². The normalized spacial score (nSPS) is 14.4. The number of rotatable bonds is 54. The number of nitrogens with one attached hydrogen (secondary N) is 1. The van der Waals surface area contributed by atoms with Crippen LogP contribution in [0.25, 0.3) is 0 Å². The van der Waals surface area contributed by atoms with Crippen molar-refractivity contribution in [3.05, 3.63) is 72.9 Å². The summed E-state index contributed by atoms with van der Waals surface area (Å²) in [5.41, 5.74) is 0. The third-order valence-corrected chi connectivity index (χ3v) is 14.2. The number of quaternary nitrogens is 1. The number of amides is 1. The van der Waals surface area contributed by atoms with Gasteiger partial charge in [0.25, 0.3) is 0 Å². The number of carbonyl (C=O) groups is 1. The molecule has 0 aliphatic rings. The fraction of sp³-hybridized carbons (Fsp3) is 0.790. The molecule has 9 heteroatoms. The molecule has 0 aliphatic carbocycles. The van der Waals surface area contributed by atoms with Crippen molar-refractivity contribution in [1.82, 2.24) is 5.32 Å². The van der Waals surface area contributed by atoms with Crippen LogP contribution in [-0.4, -0.2) is 73.4 Å². The van der Waals surface area contributed by atoms with Gasteiger partial charge in [0, 0.05) is 6.42 Å². The molecule has 0 radical (unpaired) electrons. The van der Waals surface area contributed by atoms with E-state index in [1.165, 1.54) is 161 Å². The third kappa shape index (κ3) is 55.5. The highest BCUT2D eigenvalue weighted by Crippen LogP contribution is 2.43. The lowest BCUT2D eigenvalue weighted by Crippen LogP contribution is -2.46. The number of phosphoric acid groups is 1. The average Bonchev–Trinajstić information content (AvgIpc) is 3.33. The zero-order valence-electron chi connectivity index (χ0n) is 47.2. The standard InChI is InChI=1S/C62H115N2O6P/c1-6-8-10-12-14-16-18-20-22-24-25-26-27-28-29-30-31-32-33-34-35-36-37-38-39-40-42-44-46-48-50-52-54-56-62(66)63-60(59-70-71(67,68)69-58-57-64(3,4)5)61(65)55-53-51-49-47-45-43-41-23-21-19-17-15-13-11-9-7-2/h8,10,14,16,20,22,25-26,28-29,31-32,60-61,65H,6-7,9,11-13,15,17-19,21,23-24,27,30,33-59H2,1-5H3,(H-,63,66,67,68)/p+1/b10-8-,16-14-,22-20-,26-25-,29-28-,32-31-. The molecule has 0 aliphatic heterocycles. The van der Waals surface area contributed by atoms with E-state index in [0.717, 1.165) is 77.0 Å². The highest BCUT2D eigenvalue weighted by Gasteiger charge is 2.28. The zero-order valence-corrected chi connectivity index (χ0v) is 48.1. The first-order chi connectivity index (χ1) is 34.5. The molecule has 0 aromatic carbocycles. The number of allylic oxidation sites excluding steroid dienone is 12. The van der Waals surface area contributed by atoms with Crippen LogP contribution in [-0.2, 0) is 18.4 Å². The monoisotopic (exact) mass is 1020 g/mol. The van der Waals surface area contributed by atoms with Crippen LogP contribution in [0.15, 0.2) is 72.9 Å². The maximum atomic E-state index is 13.0. The van der Waals surface area contributed by atoms with Gasteiger partial charge < -0.3 is 19.8 Å². The Morgan fingerprint density at radius 2 is 0.845 bits per heavy atom. The molecule has 0 aromatic rings. The molecule has 414 valence electrons. The molecule has 3 unspecified atom stereocenters. The van der Waals surface area contributed by atoms with Crippen LogP contribution in [0.3, 0.4) is 0 Å². The van der Waals surface area contributed by atoms with E-state index in [2.05, 4.69) is 92.1 Å². The van der Waals surface area contributed by atoms with Crippen molar-refractivity contribution >= 4 is 13.7 Å². The van der Waals surface area contributed by atoms with Crippen molar-refractivity contribution in [1.29, 1.82) is 0 Å². The molecule has 71 heavy (non-hydrogen) atoms. The zero-order chi connectivity index (χ0) is 52.0. The molecule has 0 saturated heterocycles. The van der Waals surface area contributed by atoms with Gasteiger partial charge in [-0.15, -0.1) is 0 Å². The van der Waals surface area contributed by atoms with Crippen LogP contribution in [0.4, 0.5) is 0 Å². The molecule has 0 rings (SSSR count). The summed E-state index contributed by atoms with van der Waals surface area (Å²) in [6, 6.07) is -0.764. The molecule has 0 saturated carbocycles. The Morgan fingerprint density at radius 1 is 0.493 bits per heavy atom. The Morgan fingerprint density at radius 3 is 1.24 bits per heavy atom. The molecular weight excluding hydrogens is 900 g/mol. The Labute approximate surface area is 440 Å². The average molecular weight is 1020 g/mol. The van der Waals surface area contributed by atoms with Gasteiger partial charge in [-0.05, 0) is 64.2 Å². The number of aliphatic hydroxyl groups excluding tert-OH is 1. The van der Waals surface area contributed by atoms with Crippen LogP contribution < -0.4 is 5.32 Å². The van der Waals surface area contributed by atoms with Gasteiger partial charge in [0.2, 0.25) is 5.91 Å². The molecule has 8 nitrogen and oxygen atoms in total. The second-order valence-corrected chi connectivity index (χ2v) is 22.8. The van der Waals surface area contributed by atoms with E-state index in [1.807, 2.05) is 21.1 Å². The summed E-state index contributed by atoms with van der Waals surface area (Å²) < 4.78 is 23.8. The van der Waals surface area contributed by atoms with Gasteiger partial charge in [0.1, 0.15) is 13.2 Å². The van der Waals surface area contributed by atoms with E-state index in [0.29, 0.717) is 23.9 Å². The minimum atomic E-state index is -4.32. The van der Waals surface area contributed by atoms with Gasteiger partial charge >= 0.3 is 7.82 Å².